The summed E-state index contributed by atoms with van der Waals surface area (Å²) in [5.74, 6) is 0.914. The zero-order chi connectivity index (χ0) is 16.4. The van der Waals surface area contributed by atoms with Gasteiger partial charge in [0.05, 0.1) is 18.7 Å². The molecule has 0 saturated heterocycles. The van der Waals surface area contributed by atoms with Crippen molar-refractivity contribution in [2.45, 2.75) is 6.42 Å². The zero-order valence-electron chi connectivity index (χ0n) is 11.7. The van der Waals surface area contributed by atoms with Gasteiger partial charge >= 0.3 is 12.1 Å². The summed E-state index contributed by atoms with van der Waals surface area (Å²) in [6.45, 7) is 0.147. The van der Waals surface area contributed by atoms with Gasteiger partial charge in [-0.05, 0) is 6.07 Å². The molecule has 0 radical (unpaired) electrons. The van der Waals surface area contributed by atoms with Crippen LogP contribution >= 0.6 is 45.9 Å². The van der Waals surface area contributed by atoms with Crippen LogP contribution in [-0.4, -0.2) is 42.9 Å². The molecule has 124 valence electrons. The lowest BCUT2D eigenvalue weighted by atomic mass is 10.3. The molecule has 1 amide bonds. The number of hydrazine groups is 1. The summed E-state index contributed by atoms with van der Waals surface area (Å²) in [5.41, 5.74) is 6.61. The van der Waals surface area contributed by atoms with Crippen molar-refractivity contribution in [2.24, 2.45) is 0 Å². The van der Waals surface area contributed by atoms with E-state index in [4.69, 9.17) is 27.9 Å². The van der Waals surface area contributed by atoms with Crippen molar-refractivity contribution < 1.29 is 19.1 Å². The lowest BCUT2D eigenvalue weighted by molar-refractivity contribution is 0.0606. The van der Waals surface area contributed by atoms with Crippen LogP contribution in [0.3, 0.4) is 0 Å². The van der Waals surface area contributed by atoms with Crippen LogP contribution in [0, 0.1) is 0 Å². The Balaban J connectivity index is 2.30. The van der Waals surface area contributed by atoms with E-state index in [0.717, 1.165) is 22.0 Å². The summed E-state index contributed by atoms with van der Waals surface area (Å²) in [7, 11) is 1.31. The number of thiophene rings is 1. The molecular formula is C12H16Cl2N2O4S2. The molecule has 6 nitrogen and oxygen atoms in total. The minimum absolute atomic E-state index is 0.147. The number of nitrogens with one attached hydrogen (secondary N) is 2. The predicted octanol–water partition coefficient (Wildman–Crippen LogP) is 2.43. The van der Waals surface area contributed by atoms with Crippen molar-refractivity contribution in [3.8, 4) is 0 Å². The van der Waals surface area contributed by atoms with Gasteiger partial charge in [0.1, 0.15) is 4.88 Å². The molecule has 1 rings (SSSR count). The highest BCUT2D eigenvalue weighted by Crippen LogP contribution is 2.27. The minimum Gasteiger partial charge on any atom is -0.465 e. The Morgan fingerprint density at radius 1 is 1.50 bits per heavy atom. The highest BCUT2D eigenvalue weighted by molar-refractivity contribution is 7.97. The summed E-state index contributed by atoms with van der Waals surface area (Å²) < 4.78 is 9.59. The third-order valence-electron chi connectivity index (χ3n) is 2.25. The number of hydrogen-bond acceptors (Lipinski definition) is 5. The maximum absolute atomic E-state index is 11.4. The van der Waals surface area contributed by atoms with Gasteiger partial charge in [-0.2, -0.15) is 11.4 Å². The third kappa shape index (κ3) is 6.97. The highest BCUT2D eigenvalue weighted by atomic mass is 35.5. The molecule has 10 heteroatoms. The monoisotopic (exact) mass is 386 g/mol. The fourth-order valence-electron chi connectivity index (χ4n) is 1.30. The van der Waals surface area contributed by atoms with E-state index in [1.807, 2.05) is 0 Å². The number of amides is 1. The van der Waals surface area contributed by atoms with Crippen molar-refractivity contribution in [3.05, 3.63) is 20.8 Å². The van der Waals surface area contributed by atoms with E-state index in [0.29, 0.717) is 22.2 Å². The van der Waals surface area contributed by atoms with Crippen LogP contribution in [0.2, 0.25) is 5.02 Å². The van der Waals surface area contributed by atoms with Gasteiger partial charge in [0, 0.05) is 28.4 Å². The molecule has 1 heterocycles. The van der Waals surface area contributed by atoms with Crippen molar-refractivity contribution in [1.29, 1.82) is 0 Å². The summed E-state index contributed by atoms with van der Waals surface area (Å²) in [5, 5.41) is 0.459. The molecule has 0 unspecified atom stereocenters. The molecule has 0 aliphatic rings. The van der Waals surface area contributed by atoms with Crippen LogP contribution < -0.4 is 10.9 Å². The minimum atomic E-state index is -0.599. The first-order valence-electron chi connectivity index (χ1n) is 6.17. The van der Waals surface area contributed by atoms with Gasteiger partial charge < -0.3 is 9.47 Å². The SMILES string of the molecule is COC(=O)c1cc(Cl)c(CCOC(=O)NNC=[SH]CCCl)s1. The number of ether oxygens (including phenoxy) is 2. The van der Waals surface area contributed by atoms with Crippen molar-refractivity contribution in [2.75, 3.05) is 25.3 Å². The van der Waals surface area contributed by atoms with Crippen LogP contribution in [0.25, 0.3) is 0 Å². The Bertz CT molecular complexity index is 537. The van der Waals surface area contributed by atoms with Gasteiger partial charge in [0.2, 0.25) is 0 Å². The van der Waals surface area contributed by atoms with Gasteiger partial charge in [-0.15, -0.1) is 22.9 Å². The molecule has 1 aromatic rings. The Kier molecular flexibility index (Phi) is 9.49. The van der Waals surface area contributed by atoms with Gasteiger partial charge in [0.25, 0.3) is 0 Å². The molecule has 0 aliphatic carbocycles. The topological polar surface area (TPSA) is 76.7 Å². The standard InChI is InChI=1S/C12H16Cl2N2O4S2/c1-19-11(17)10-6-8(14)9(22-10)2-4-20-12(18)16-15-7-21-5-3-13/h6-7,15,21H,2-5H2,1H3,(H,16,18). The fraction of sp³-hybridized carbons (Fsp3) is 0.417. The number of esters is 1. The third-order valence-corrected chi connectivity index (χ3v) is 5.12. The number of methoxy groups -OCH3 is 1. The van der Waals surface area contributed by atoms with E-state index in [9.17, 15) is 9.59 Å². The lowest BCUT2D eigenvalue weighted by Crippen LogP contribution is -2.36. The van der Waals surface area contributed by atoms with Crippen LogP contribution in [0.4, 0.5) is 4.79 Å². The van der Waals surface area contributed by atoms with Crippen molar-refractivity contribution in [1.82, 2.24) is 10.9 Å². The van der Waals surface area contributed by atoms with Crippen molar-refractivity contribution in [3.63, 3.8) is 0 Å². The molecule has 1 aromatic heterocycles. The zero-order valence-corrected chi connectivity index (χ0v) is 15.0. The maximum Gasteiger partial charge on any atom is 0.421 e. The molecule has 0 aliphatic heterocycles. The lowest BCUT2D eigenvalue weighted by Gasteiger charge is -2.05. The molecule has 0 aromatic carbocycles. The number of rotatable bonds is 8. The number of halogens is 2. The Morgan fingerprint density at radius 3 is 2.95 bits per heavy atom. The van der Waals surface area contributed by atoms with Gasteiger partial charge in [-0.25, -0.2) is 15.0 Å². The fourth-order valence-corrected chi connectivity index (χ4v) is 3.31. The largest absolute Gasteiger partial charge is 0.465 e. The Labute approximate surface area is 146 Å². The maximum atomic E-state index is 11.4. The number of hydrogen-bond donors (Lipinski definition) is 3. The van der Waals surface area contributed by atoms with E-state index in [1.54, 1.807) is 11.6 Å². The molecule has 2 N–H and O–H groups in total. The summed E-state index contributed by atoms with van der Waals surface area (Å²) in [6.07, 6.45) is -0.180. The first-order valence-corrected chi connectivity index (χ1v) is 9.05. The Hall–Kier alpha value is -0.800. The van der Waals surface area contributed by atoms with E-state index in [-0.39, 0.29) is 6.61 Å². The van der Waals surface area contributed by atoms with Crippen LogP contribution in [0.5, 0.6) is 0 Å². The van der Waals surface area contributed by atoms with Crippen LogP contribution in [0.1, 0.15) is 14.5 Å². The number of carbonyl (C=O) groups is 2. The summed E-state index contributed by atoms with van der Waals surface area (Å²) in [6, 6.07) is 1.54. The highest BCUT2D eigenvalue weighted by Gasteiger charge is 2.14. The van der Waals surface area contributed by atoms with Gasteiger partial charge in [-0.1, -0.05) is 11.6 Å². The second-order valence-electron chi connectivity index (χ2n) is 3.75. The number of carbonyl (C=O) groups excluding carboxylic acids is 2. The molecule has 22 heavy (non-hydrogen) atoms. The quantitative estimate of drug-likeness (QED) is 0.210. The number of alkyl halides is 1. The second kappa shape index (κ2) is 10.8. The van der Waals surface area contributed by atoms with E-state index in [2.05, 4.69) is 15.6 Å². The average Bonchev–Trinajstić information content (AvgIpc) is 2.87. The molecule has 0 fully saturated rings. The van der Waals surface area contributed by atoms with Crippen LogP contribution in [-0.2, 0) is 15.9 Å². The average molecular weight is 387 g/mol. The molecule has 0 spiro atoms. The summed E-state index contributed by atoms with van der Waals surface area (Å²) in [4.78, 5) is 23.9. The Morgan fingerprint density at radius 2 is 2.27 bits per heavy atom. The van der Waals surface area contributed by atoms with Gasteiger partial charge in [-0.3, -0.25) is 5.43 Å². The van der Waals surface area contributed by atoms with Crippen molar-refractivity contribution >= 4 is 63.4 Å². The van der Waals surface area contributed by atoms with Gasteiger partial charge in [0.15, 0.2) is 0 Å². The first-order chi connectivity index (χ1) is 10.6. The molecule has 0 bridgehead atoms. The predicted molar refractivity (Wildman–Crippen MR) is 92.6 cm³/mol. The number of thiol groups is 1. The first kappa shape index (κ1) is 19.2. The second-order valence-corrected chi connectivity index (χ2v) is 6.75. The smallest absolute Gasteiger partial charge is 0.421 e. The molecule has 0 saturated carbocycles. The van der Waals surface area contributed by atoms with E-state index >= 15 is 0 Å². The normalized spacial score (nSPS) is 11.0. The summed E-state index contributed by atoms with van der Waals surface area (Å²) >= 11 is 13.7. The van der Waals surface area contributed by atoms with E-state index in [1.165, 1.54) is 18.4 Å². The molecular weight excluding hydrogens is 371 g/mol. The van der Waals surface area contributed by atoms with E-state index < -0.39 is 12.1 Å². The van der Waals surface area contributed by atoms with Crippen LogP contribution in [0.15, 0.2) is 6.07 Å². The molecule has 0 atom stereocenters.